The summed E-state index contributed by atoms with van der Waals surface area (Å²) in [5, 5.41) is 13.2. The number of ether oxygens (including phenoxy) is 1. The SMILES string of the molecule is CCCCCCOc1nnc(CNC(C)(C)C)s1. The van der Waals surface area contributed by atoms with Crippen molar-refractivity contribution in [2.24, 2.45) is 0 Å². The van der Waals surface area contributed by atoms with Crippen molar-refractivity contribution in [1.29, 1.82) is 0 Å². The van der Waals surface area contributed by atoms with Crippen molar-refractivity contribution in [1.82, 2.24) is 15.5 Å². The van der Waals surface area contributed by atoms with E-state index in [1.807, 2.05) is 0 Å². The van der Waals surface area contributed by atoms with Crippen molar-refractivity contribution in [3.8, 4) is 5.19 Å². The van der Waals surface area contributed by atoms with Crippen LogP contribution in [-0.2, 0) is 6.54 Å². The number of hydrogen-bond acceptors (Lipinski definition) is 5. The molecule has 18 heavy (non-hydrogen) atoms. The first-order chi connectivity index (χ1) is 8.51. The second-order valence-corrected chi connectivity index (χ2v) is 6.50. The quantitative estimate of drug-likeness (QED) is 0.736. The van der Waals surface area contributed by atoms with Crippen LogP contribution in [0, 0.1) is 0 Å². The van der Waals surface area contributed by atoms with Crippen LogP contribution in [0.5, 0.6) is 5.19 Å². The molecule has 1 heterocycles. The number of unbranched alkanes of at least 4 members (excludes halogenated alkanes) is 3. The van der Waals surface area contributed by atoms with Crippen molar-refractivity contribution in [3.63, 3.8) is 0 Å². The maximum atomic E-state index is 5.58. The van der Waals surface area contributed by atoms with E-state index in [-0.39, 0.29) is 5.54 Å². The Balaban J connectivity index is 2.22. The first-order valence-electron chi connectivity index (χ1n) is 6.71. The van der Waals surface area contributed by atoms with Gasteiger partial charge in [-0.25, -0.2) is 0 Å². The smallest absolute Gasteiger partial charge is 0.294 e. The Hall–Kier alpha value is -0.680. The molecule has 5 heteroatoms. The van der Waals surface area contributed by atoms with Gasteiger partial charge in [-0.15, -0.1) is 10.2 Å². The molecular weight excluding hydrogens is 246 g/mol. The molecule has 0 aliphatic heterocycles. The van der Waals surface area contributed by atoms with Crippen LogP contribution in [0.4, 0.5) is 0 Å². The topological polar surface area (TPSA) is 47.0 Å². The maximum Gasteiger partial charge on any atom is 0.294 e. The van der Waals surface area contributed by atoms with Crippen molar-refractivity contribution in [2.75, 3.05) is 6.61 Å². The molecule has 104 valence electrons. The van der Waals surface area contributed by atoms with E-state index in [0.29, 0.717) is 5.19 Å². The predicted molar refractivity (Wildman–Crippen MR) is 76.1 cm³/mol. The van der Waals surface area contributed by atoms with Gasteiger partial charge in [-0.2, -0.15) is 0 Å². The minimum Gasteiger partial charge on any atom is -0.469 e. The first kappa shape index (κ1) is 15.4. The van der Waals surface area contributed by atoms with E-state index in [0.717, 1.165) is 24.6 Å². The summed E-state index contributed by atoms with van der Waals surface area (Å²) in [5.74, 6) is 0. The fraction of sp³-hybridized carbons (Fsp3) is 0.846. The van der Waals surface area contributed by atoms with E-state index in [4.69, 9.17) is 4.74 Å². The molecule has 0 bridgehead atoms. The van der Waals surface area contributed by atoms with E-state index in [9.17, 15) is 0 Å². The third kappa shape index (κ3) is 6.91. The highest BCUT2D eigenvalue weighted by Crippen LogP contribution is 2.18. The lowest BCUT2D eigenvalue weighted by Gasteiger charge is -2.19. The largest absolute Gasteiger partial charge is 0.469 e. The summed E-state index contributed by atoms with van der Waals surface area (Å²) in [5.41, 5.74) is 0.104. The second kappa shape index (κ2) is 7.69. The fourth-order valence-corrected chi connectivity index (χ4v) is 2.05. The lowest BCUT2D eigenvalue weighted by Crippen LogP contribution is -2.35. The van der Waals surface area contributed by atoms with Crippen LogP contribution < -0.4 is 10.1 Å². The van der Waals surface area contributed by atoms with Gasteiger partial charge in [-0.1, -0.05) is 37.5 Å². The van der Waals surface area contributed by atoms with Gasteiger partial charge in [0.05, 0.1) is 13.2 Å². The Morgan fingerprint density at radius 1 is 1.17 bits per heavy atom. The monoisotopic (exact) mass is 271 g/mol. The van der Waals surface area contributed by atoms with Gasteiger partial charge in [0.2, 0.25) is 0 Å². The van der Waals surface area contributed by atoms with Gasteiger partial charge < -0.3 is 10.1 Å². The van der Waals surface area contributed by atoms with E-state index in [1.54, 1.807) is 0 Å². The lowest BCUT2D eigenvalue weighted by atomic mass is 10.1. The molecular formula is C13H25N3OS. The van der Waals surface area contributed by atoms with Gasteiger partial charge in [0, 0.05) is 5.54 Å². The molecule has 0 radical (unpaired) electrons. The molecule has 0 atom stereocenters. The predicted octanol–water partition coefficient (Wildman–Crippen LogP) is 3.39. The Morgan fingerprint density at radius 2 is 1.94 bits per heavy atom. The Bertz CT molecular complexity index is 333. The molecule has 0 saturated carbocycles. The van der Waals surface area contributed by atoms with Crippen LogP contribution in [0.25, 0.3) is 0 Å². The van der Waals surface area contributed by atoms with Crippen LogP contribution in [0.1, 0.15) is 58.4 Å². The zero-order valence-electron chi connectivity index (χ0n) is 12.0. The lowest BCUT2D eigenvalue weighted by molar-refractivity contribution is 0.301. The fourth-order valence-electron chi connectivity index (χ4n) is 1.40. The molecule has 0 fully saturated rings. The normalized spacial score (nSPS) is 11.8. The average molecular weight is 271 g/mol. The summed E-state index contributed by atoms with van der Waals surface area (Å²) in [6.45, 7) is 10.1. The van der Waals surface area contributed by atoms with Crippen molar-refractivity contribution in [3.05, 3.63) is 5.01 Å². The standard InChI is InChI=1S/C13H25N3OS/c1-5-6-7-8-9-17-12-16-15-11(18-12)10-14-13(2,3)4/h14H,5-10H2,1-4H3. The van der Waals surface area contributed by atoms with Gasteiger partial charge in [-0.05, 0) is 27.2 Å². The summed E-state index contributed by atoms with van der Waals surface area (Å²) < 4.78 is 5.58. The highest BCUT2D eigenvalue weighted by Gasteiger charge is 2.11. The third-order valence-corrected chi connectivity index (χ3v) is 3.28. The Kier molecular flexibility index (Phi) is 6.57. The van der Waals surface area contributed by atoms with E-state index >= 15 is 0 Å². The molecule has 4 nitrogen and oxygen atoms in total. The van der Waals surface area contributed by atoms with Gasteiger partial charge in [0.25, 0.3) is 5.19 Å². The summed E-state index contributed by atoms with van der Waals surface area (Å²) in [6.07, 6.45) is 4.86. The van der Waals surface area contributed by atoms with Gasteiger partial charge in [0.1, 0.15) is 5.01 Å². The molecule has 0 aliphatic carbocycles. The molecule has 0 spiro atoms. The highest BCUT2D eigenvalue weighted by molar-refractivity contribution is 7.13. The average Bonchev–Trinajstić information content (AvgIpc) is 2.73. The van der Waals surface area contributed by atoms with Gasteiger partial charge >= 0.3 is 0 Å². The number of rotatable bonds is 8. The van der Waals surface area contributed by atoms with E-state index in [1.165, 1.54) is 30.6 Å². The van der Waals surface area contributed by atoms with Crippen LogP contribution in [0.2, 0.25) is 0 Å². The number of nitrogens with one attached hydrogen (secondary N) is 1. The first-order valence-corrected chi connectivity index (χ1v) is 7.53. The molecule has 0 aliphatic rings. The summed E-state index contributed by atoms with van der Waals surface area (Å²) >= 11 is 1.53. The zero-order chi connectivity index (χ0) is 13.4. The van der Waals surface area contributed by atoms with Crippen LogP contribution >= 0.6 is 11.3 Å². The molecule has 0 unspecified atom stereocenters. The number of aromatic nitrogens is 2. The highest BCUT2D eigenvalue weighted by atomic mass is 32.1. The van der Waals surface area contributed by atoms with Crippen LogP contribution in [0.15, 0.2) is 0 Å². The minimum absolute atomic E-state index is 0.104. The van der Waals surface area contributed by atoms with Gasteiger partial charge in [-0.3, -0.25) is 0 Å². The molecule has 1 aromatic heterocycles. The van der Waals surface area contributed by atoms with Crippen molar-refractivity contribution in [2.45, 2.75) is 65.5 Å². The molecule has 0 amide bonds. The summed E-state index contributed by atoms with van der Waals surface area (Å²) in [6, 6.07) is 0. The van der Waals surface area contributed by atoms with Crippen LogP contribution in [-0.4, -0.2) is 22.3 Å². The summed E-state index contributed by atoms with van der Waals surface area (Å²) in [4.78, 5) is 0. The Morgan fingerprint density at radius 3 is 2.61 bits per heavy atom. The zero-order valence-corrected chi connectivity index (χ0v) is 12.8. The second-order valence-electron chi connectivity index (χ2n) is 5.47. The summed E-state index contributed by atoms with van der Waals surface area (Å²) in [7, 11) is 0. The number of hydrogen-bond donors (Lipinski definition) is 1. The molecule has 1 rings (SSSR count). The third-order valence-electron chi connectivity index (χ3n) is 2.44. The van der Waals surface area contributed by atoms with Crippen molar-refractivity contribution >= 4 is 11.3 Å². The van der Waals surface area contributed by atoms with E-state index in [2.05, 4.69) is 43.2 Å². The van der Waals surface area contributed by atoms with Gasteiger partial charge in [0.15, 0.2) is 0 Å². The molecule has 0 saturated heterocycles. The maximum absolute atomic E-state index is 5.58. The van der Waals surface area contributed by atoms with Crippen molar-refractivity contribution < 1.29 is 4.74 Å². The van der Waals surface area contributed by atoms with E-state index < -0.39 is 0 Å². The molecule has 1 aromatic rings. The minimum atomic E-state index is 0.104. The van der Waals surface area contributed by atoms with Crippen LogP contribution in [0.3, 0.4) is 0 Å². The molecule has 1 N–H and O–H groups in total. The Labute approximate surface area is 114 Å². The number of nitrogens with zero attached hydrogens (tertiary/aromatic N) is 2. The molecule has 0 aromatic carbocycles.